The number of hydrogen-bond donors (Lipinski definition) is 0. The Labute approximate surface area is 83.7 Å². The van der Waals surface area contributed by atoms with Crippen LogP contribution in [-0.2, 0) is 12.1 Å². The Hall–Kier alpha value is -1.13. The van der Waals surface area contributed by atoms with Crippen molar-refractivity contribution in [3.63, 3.8) is 0 Å². The molecule has 1 aromatic rings. The molecule has 1 rings (SSSR count). The molecule has 0 aliphatic carbocycles. The van der Waals surface area contributed by atoms with Gasteiger partial charge in [-0.3, -0.25) is 0 Å². The molecular formula is C10H9F5. The normalized spacial score (nSPS) is 13.0. The average molecular weight is 224 g/mol. The molecule has 15 heavy (non-hydrogen) atoms. The van der Waals surface area contributed by atoms with Gasteiger partial charge in [0.1, 0.15) is 0 Å². The SMILES string of the molecule is Cc1ccc(C(F)(F)F)cc1C(C)(F)F. The minimum Gasteiger partial charge on any atom is -0.202 e. The Balaban J connectivity index is 3.30. The molecule has 5 heteroatoms. The third kappa shape index (κ3) is 2.67. The van der Waals surface area contributed by atoms with Crippen molar-refractivity contribution in [2.24, 2.45) is 0 Å². The molecule has 0 fully saturated rings. The molecule has 1 aromatic carbocycles. The first kappa shape index (κ1) is 11.9. The summed E-state index contributed by atoms with van der Waals surface area (Å²) in [6.45, 7) is 1.93. The van der Waals surface area contributed by atoms with E-state index in [9.17, 15) is 22.0 Å². The fourth-order valence-electron chi connectivity index (χ4n) is 1.27. The number of alkyl halides is 5. The largest absolute Gasteiger partial charge is 0.416 e. The molecule has 0 heterocycles. The first-order chi connectivity index (χ1) is 6.62. The Morgan fingerprint density at radius 3 is 1.93 bits per heavy atom. The van der Waals surface area contributed by atoms with Crippen LogP contribution in [0.5, 0.6) is 0 Å². The van der Waals surface area contributed by atoms with Crippen molar-refractivity contribution >= 4 is 0 Å². The van der Waals surface area contributed by atoms with Crippen LogP contribution in [0.4, 0.5) is 22.0 Å². The fraction of sp³-hybridized carbons (Fsp3) is 0.400. The highest BCUT2D eigenvalue weighted by molar-refractivity contribution is 5.35. The van der Waals surface area contributed by atoms with Gasteiger partial charge in [-0.15, -0.1) is 0 Å². The number of halogens is 5. The lowest BCUT2D eigenvalue weighted by atomic mass is 10.0. The highest BCUT2D eigenvalue weighted by Crippen LogP contribution is 2.35. The van der Waals surface area contributed by atoms with Crippen molar-refractivity contribution in [1.29, 1.82) is 0 Å². The minimum absolute atomic E-state index is 0.149. The highest BCUT2D eigenvalue weighted by Gasteiger charge is 2.34. The van der Waals surface area contributed by atoms with E-state index in [0.29, 0.717) is 13.0 Å². The van der Waals surface area contributed by atoms with E-state index in [4.69, 9.17) is 0 Å². The summed E-state index contributed by atoms with van der Waals surface area (Å²) in [5.74, 6) is -3.26. The van der Waals surface area contributed by atoms with Crippen molar-refractivity contribution in [3.8, 4) is 0 Å². The van der Waals surface area contributed by atoms with E-state index in [1.807, 2.05) is 0 Å². The molecule has 0 nitrogen and oxygen atoms in total. The minimum atomic E-state index is -4.59. The van der Waals surface area contributed by atoms with E-state index < -0.39 is 23.2 Å². The second-order valence-electron chi connectivity index (χ2n) is 3.42. The molecule has 0 atom stereocenters. The fourth-order valence-corrected chi connectivity index (χ4v) is 1.27. The second kappa shape index (κ2) is 3.47. The number of hydrogen-bond acceptors (Lipinski definition) is 0. The second-order valence-corrected chi connectivity index (χ2v) is 3.42. The van der Waals surface area contributed by atoms with Gasteiger partial charge in [-0.05, 0) is 24.6 Å². The van der Waals surface area contributed by atoms with Crippen molar-refractivity contribution in [3.05, 3.63) is 34.9 Å². The molecule has 0 unspecified atom stereocenters. The quantitative estimate of drug-likeness (QED) is 0.629. The van der Waals surface area contributed by atoms with Crippen molar-refractivity contribution in [1.82, 2.24) is 0 Å². The summed E-state index contributed by atoms with van der Waals surface area (Å²) in [6.07, 6.45) is -4.59. The van der Waals surface area contributed by atoms with Crippen LogP contribution in [0, 0.1) is 6.92 Å². The molecule has 84 valence electrons. The molecular weight excluding hydrogens is 215 g/mol. The Morgan fingerprint density at radius 1 is 1.00 bits per heavy atom. The zero-order chi connectivity index (χ0) is 11.9. The number of rotatable bonds is 1. The Morgan fingerprint density at radius 2 is 1.53 bits per heavy atom. The Kier molecular flexibility index (Phi) is 2.76. The highest BCUT2D eigenvalue weighted by atomic mass is 19.4. The maximum Gasteiger partial charge on any atom is 0.416 e. The van der Waals surface area contributed by atoms with E-state index in [-0.39, 0.29) is 5.56 Å². The molecule has 0 amide bonds. The van der Waals surface area contributed by atoms with Crippen molar-refractivity contribution in [2.45, 2.75) is 25.9 Å². The summed E-state index contributed by atoms with van der Waals surface area (Å²) in [7, 11) is 0. The maximum absolute atomic E-state index is 12.9. The van der Waals surface area contributed by atoms with Gasteiger partial charge in [-0.1, -0.05) is 6.07 Å². The summed E-state index contributed by atoms with van der Waals surface area (Å²) in [4.78, 5) is 0. The lowest BCUT2D eigenvalue weighted by molar-refractivity contribution is -0.137. The van der Waals surface area contributed by atoms with Gasteiger partial charge in [0.2, 0.25) is 0 Å². The van der Waals surface area contributed by atoms with E-state index in [1.54, 1.807) is 0 Å². The van der Waals surface area contributed by atoms with E-state index in [2.05, 4.69) is 0 Å². The van der Waals surface area contributed by atoms with Crippen LogP contribution < -0.4 is 0 Å². The van der Waals surface area contributed by atoms with Crippen LogP contribution in [0.1, 0.15) is 23.6 Å². The predicted molar refractivity (Wildman–Crippen MR) is 45.7 cm³/mol. The van der Waals surface area contributed by atoms with Crippen LogP contribution >= 0.6 is 0 Å². The molecule has 0 saturated heterocycles. The van der Waals surface area contributed by atoms with Gasteiger partial charge in [-0.2, -0.15) is 13.2 Å². The monoisotopic (exact) mass is 224 g/mol. The third-order valence-electron chi connectivity index (χ3n) is 2.04. The first-order valence-electron chi connectivity index (χ1n) is 4.18. The van der Waals surface area contributed by atoms with Gasteiger partial charge < -0.3 is 0 Å². The molecule has 0 aliphatic heterocycles. The molecule has 0 N–H and O–H groups in total. The maximum atomic E-state index is 12.9. The average Bonchev–Trinajstić information content (AvgIpc) is 2.00. The first-order valence-corrected chi connectivity index (χ1v) is 4.18. The number of benzene rings is 1. The summed E-state index contributed by atoms with van der Waals surface area (Å²) in [6, 6.07) is 2.34. The van der Waals surface area contributed by atoms with Crippen LogP contribution in [0.2, 0.25) is 0 Å². The summed E-state index contributed by atoms with van der Waals surface area (Å²) in [5.41, 5.74) is -1.49. The van der Waals surface area contributed by atoms with Gasteiger partial charge in [-0.25, -0.2) is 8.78 Å². The smallest absolute Gasteiger partial charge is 0.202 e. The van der Waals surface area contributed by atoms with Crippen molar-refractivity contribution < 1.29 is 22.0 Å². The molecule has 0 aliphatic rings. The molecule has 0 aromatic heterocycles. The summed E-state index contributed by atoms with van der Waals surface area (Å²) < 4.78 is 62.6. The molecule has 0 radical (unpaired) electrons. The van der Waals surface area contributed by atoms with Gasteiger partial charge in [0.25, 0.3) is 5.92 Å². The third-order valence-corrected chi connectivity index (χ3v) is 2.04. The zero-order valence-corrected chi connectivity index (χ0v) is 8.12. The van der Waals surface area contributed by atoms with Crippen LogP contribution in [0.15, 0.2) is 18.2 Å². The summed E-state index contributed by atoms with van der Waals surface area (Å²) in [5, 5.41) is 0. The van der Waals surface area contributed by atoms with Gasteiger partial charge >= 0.3 is 6.18 Å². The molecule has 0 saturated carbocycles. The van der Waals surface area contributed by atoms with E-state index in [0.717, 1.165) is 12.1 Å². The predicted octanol–water partition coefficient (Wildman–Crippen LogP) is 4.13. The van der Waals surface area contributed by atoms with E-state index >= 15 is 0 Å². The molecule has 0 spiro atoms. The van der Waals surface area contributed by atoms with Crippen LogP contribution in [0.25, 0.3) is 0 Å². The molecule has 0 bridgehead atoms. The lowest BCUT2D eigenvalue weighted by Crippen LogP contribution is -2.13. The van der Waals surface area contributed by atoms with Crippen LogP contribution in [0.3, 0.4) is 0 Å². The number of aryl methyl sites for hydroxylation is 1. The van der Waals surface area contributed by atoms with Gasteiger partial charge in [0.15, 0.2) is 0 Å². The summed E-state index contributed by atoms with van der Waals surface area (Å²) >= 11 is 0. The zero-order valence-electron chi connectivity index (χ0n) is 8.12. The Bertz CT molecular complexity index is 359. The van der Waals surface area contributed by atoms with Crippen LogP contribution in [-0.4, -0.2) is 0 Å². The topological polar surface area (TPSA) is 0 Å². The van der Waals surface area contributed by atoms with Gasteiger partial charge in [0.05, 0.1) is 5.56 Å². The standard InChI is InChI=1S/C10H9F5/c1-6-3-4-7(10(13,14)15)5-8(6)9(2,11)12/h3-5H,1-2H3. The lowest BCUT2D eigenvalue weighted by Gasteiger charge is -2.16. The van der Waals surface area contributed by atoms with E-state index in [1.165, 1.54) is 6.92 Å². The van der Waals surface area contributed by atoms with Gasteiger partial charge in [0, 0.05) is 12.5 Å². The van der Waals surface area contributed by atoms with Crippen molar-refractivity contribution in [2.75, 3.05) is 0 Å².